The van der Waals surface area contributed by atoms with Gasteiger partial charge in [0.2, 0.25) is 0 Å². The summed E-state index contributed by atoms with van der Waals surface area (Å²) in [6.45, 7) is 9.09. The molecule has 0 aliphatic carbocycles. The molecule has 0 radical (unpaired) electrons. The standard InChI is InChI=1S/C15H24BrN3O/c1-4-17-15-14(16)12(7-10(2)3)18-13(19-15)8-11-5-6-20-9-11/h10-11H,4-9H2,1-3H3,(H,17,18,19). The average Bonchev–Trinajstić information content (AvgIpc) is 2.87. The van der Waals surface area contributed by atoms with Gasteiger partial charge in [0.1, 0.15) is 11.6 Å². The minimum absolute atomic E-state index is 0.567. The fourth-order valence-corrected chi connectivity index (χ4v) is 2.92. The number of ether oxygens (including phenoxy) is 1. The SMILES string of the molecule is CCNc1nc(CC2CCOC2)nc(CC(C)C)c1Br. The summed E-state index contributed by atoms with van der Waals surface area (Å²) in [5.41, 5.74) is 1.11. The molecular weight excluding hydrogens is 318 g/mol. The van der Waals surface area contributed by atoms with Crippen molar-refractivity contribution < 1.29 is 4.74 Å². The van der Waals surface area contributed by atoms with Gasteiger partial charge in [0.15, 0.2) is 0 Å². The molecule has 1 aliphatic rings. The van der Waals surface area contributed by atoms with Gasteiger partial charge in [0, 0.05) is 26.2 Å². The number of halogens is 1. The second kappa shape index (κ2) is 7.36. The summed E-state index contributed by atoms with van der Waals surface area (Å²) in [6, 6.07) is 0. The second-order valence-electron chi connectivity index (χ2n) is 5.81. The van der Waals surface area contributed by atoms with Gasteiger partial charge in [0.05, 0.1) is 10.2 Å². The van der Waals surface area contributed by atoms with E-state index in [0.717, 1.165) is 60.8 Å². The van der Waals surface area contributed by atoms with Crippen molar-refractivity contribution in [2.75, 3.05) is 25.1 Å². The number of nitrogens with zero attached hydrogens (tertiary/aromatic N) is 2. The van der Waals surface area contributed by atoms with Crippen molar-refractivity contribution in [3.05, 3.63) is 16.0 Å². The Labute approximate surface area is 129 Å². The van der Waals surface area contributed by atoms with Gasteiger partial charge in [-0.2, -0.15) is 0 Å². The van der Waals surface area contributed by atoms with E-state index in [4.69, 9.17) is 9.72 Å². The van der Waals surface area contributed by atoms with E-state index in [0.29, 0.717) is 11.8 Å². The zero-order valence-corrected chi connectivity index (χ0v) is 14.2. The van der Waals surface area contributed by atoms with E-state index in [1.54, 1.807) is 0 Å². The van der Waals surface area contributed by atoms with Crippen molar-refractivity contribution in [1.82, 2.24) is 9.97 Å². The predicted octanol–water partition coefficient (Wildman–Crippen LogP) is 3.45. The molecule has 0 saturated carbocycles. The number of anilines is 1. The summed E-state index contributed by atoms with van der Waals surface area (Å²) < 4.78 is 6.46. The molecule has 1 aromatic rings. The van der Waals surface area contributed by atoms with Crippen LogP contribution in [0.4, 0.5) is 5.82 Å². The highest BCUT2D eigenvalue weighted by molar-refractivity contribution is 9.10. The minimum atomic E-state index is 0.567. The molecular formula is C15H24BrN3O. The molecule has 0 aromatic carbocycles. The van der Waals surface area contributed by atoms with E-state index in [9.17, 15) is 0 Å². The van der Waals surface area contributed by atoms with Crippen molar-refractivity contribution in [2.24, 2.45) is 11.8 Å². The van der Waals surface area contributed by atoms with Crippen molar-refractivity contribution in [3.63, 3.8) is 0 Å². The third-order valence-corrected chi connectivity index (χ3v) is 4.24. The van der Waals surface area contributed by atoms with Crippen molar-refractivity contribution >= 4 is 21.7 Å². The molecule has 20 heavy (non-hydrogen) atoms. The lowest BCUT2D eigenvalue weighted by molar-refractivity contribution is 0.185. The number of rotatable bonds is 6. The van der Waals surface area contributed by atoms with Gasteiger partial charge in [-0.3, -0.25) is 0 Å². The molecule has 1 fully saturated rings. The highest BCUT2D eigenvalue weighted by Gasteiger charge is 2.20. The van der Waals surface area contributed by atoms with E-state index >= 15 is 0 Å². The molecule has 1 N–H and O–H groups in total. The first-order valence-corrected chi connectivity index (χ1v) is 8.26. The Morgan fingerprint density at radius 2 is 2.20 bits per heavy atom. The fourth-order valence-electron chi connectivity index (χ4n) is 2.45. The lowest BCUT2D eigenvalue weighted by atomic mass is 10.0. The Bertz CT molecular complexity index is 445. The van der Waals surface area contributed by atoms with Crippen molar-refractivity contribution in [3.8, 4) is 0 Å². The van der Waals surface area contributed by atoms with Gasteiger partial charge >= 0.3 is 0 Å². The Morgan fingerprint density at radius 3 is 2.80 bits per heavy atom. The molecule has 1 aromatic heterocycles. The Kier molecular flexibility index (Phi) is 5.78. The van der Waals surface area contributed by atoms with E-state index in [-0.39, 0.29) is 0 Å². The maximum atomic E-state index is 5.45. The molecule has 2 rings (SSSR count). The number of nitrogens with one attached hydrogen (secondary N) is 1. The molecule has 0 spiro atoms. The topological polar surface area (TPSA) is 47.0 Å². The Morgan fingerprint density at radius 1 is 1.40 bits per heavy atom. The average molecular weight is 342 g/mol. The summed E-state index contributed by atoms with van der Waals surface area (Å²) in [5.74, 6) is 3.01. The normalized spacial score (nSPS) is 18.8. The zero-order valence-electron chi connectivity index (χ0n) is 12.6. The molecule has 112 valence electrons. The maximum absolute atomic E-state index is 5.45. The first-order chi connectivity index (χ1) is 9.60. The van der Waals surface area contributed by atoms with E-state index in [1.165, 1.54) is 0 Å². The van der Waals surface area contributed by atoms with Crippen LogP contribution in [0.15, 0.2) is 4.47 Å². The molecule has 4 nitrogen and oxygen atoms in total. The molecule has 1 unspecified atom stereocenters. The second-order valence-corrected chi connectivity index (χ2v) is 6.60. The van der Waals surface area contributed by atoms with Crippen LogP contribution in [0.1, 0.15) is 38.7 Å². The molecule has 1 aliphatic heterocycles. The monoisotopic (exact) mass is 341 g/mol. The third-order valence-electron chi connectivity index (χ3n) is 3.41. The predicted molar refractivity (Wildman–Crippen MR) is 85.1 cm³/mol. The van der Waals surface area contributed by atoms with Gasteiger partial charge < -0.3 is 10.1 Å². The Balaban J connectivity index is 2.23. The molecule has 2 heterocycles. The highest BCUT2D eigenvalue weighted by Crippen LogP contribution is 2.27. The largest absolute Gasteiger partial charge is 0.381 e. The summed E-state index contributed by atoms with van der Waals surface area (Å²) in [6.07, 6.45) is 3.00. The number of hydrogen-bond donors (Lipinski definition) is 1. The van der Waals surface area contributed by atoms with Crippen LogP contribution in [0.3, 0.4) is 0 Å². The van der Waals surface area contributed by atoms with Crippen LogP contribution in [-0.4, -0.2) is 29.7 Å². The molecule has 5 heteroatoms. The molecule has 1 saturated heterocycles. The highest BCUT2D eigenvalue weighted by atomic mass is 79.9. The van der Waals surface area contributed by atoms with Crippen LogP contribution < -0.4 is 5.32 Å². The van der Waals surface area contributed by atoms with Gasteiger partial charge in [-0.15, -0.1) is 0 Å². The fraction of sp³-hybridized carbons (Fsp3) is 0.733. The van der Waals surface area contributed by atoms with E-state index < -0.39 is 0 Å². The number of aromatic nitrogens is 2. The number of hydrogen-bond acceptors (Lipinski definition) is 4. The van der Waals surface area contributed by atoms with Crippen LogP contribution in [-0.2, 0) is 17.6 Å². The van der Waals surface area contributed by atoms with Crippen LogP contribution in [0.25, 0.3) is 0 Å². The molecule has 1 atom stereocenters. The molecule has 0 bridgehead atoms. The quantitative estimate of drug-likeness (QED) is 0.860. The van der Waals surface area contributed by atoms with E-state index in [1.807, 2.05) is 0 Å². The summed E-state index contributed by atoms with van der Waals surface area (Å²) in [5, 5.41) is 3.33. The first-order valence-electron chi connectivity index (χ1n) is 7.47. The minimum Gasteiger partial charge on any atom is -0.381 e. The van der Waals surface area contributed by atoms with Gasteiger partial charge in [0.25, 0.3) is 0 Å². The summed E-state index contributed by atoms with van der Waals surface area (Å²) in [4.78, 5) is 9.43. The lowest BCUT2D eigenvalue weighted by Gasteiger charge is -2.14. The van der Waals surface area contributed by atoms with Crippen LogP contribution in [0.5, 0.6) is 0 Å². The maximum Gasteiger partial charge on any atom is 0.144 e. The zero-order chi connectivity index (χ0) is 14.5. The summed E-state index contributed by atoms with van der Waals surface area (Å²) >= 11 is 3.65. The first kappa shape index (κ1) is 15.7. The van der Waals surface area contributed by atoms with Crippen LogP contribution >= 0.6 is 15.9 Å². The lowest BCUT2D eigenvalue weighted by Crippen LogP contribution is -2.13. The van der Waals surface area contributed by atoms with Crippen LogP contribution in [0.2, 0.25) is 0 Å². The van der Waals surface area contributed by atoms with Crippen LogP contribution in [0, 0.1) is 11.8 Å². The van der Waals surface area contributed by atoms with Crippen molar-refractivity contribution in [2.45, 2.75) is 40.0 Å². The van der Waals surface area contributed by atoms with Crippen molar-refractivity contribution in [1.29, 1.82) is 0 Å². The smallest absolute Gasteiger partial charge is 0.144 e. The third kappa shape index (κ3) is 4.16. The van der Waals surface area contributed by atoms with E-state index in [2.05, 4.69) is 47.0 Å². The van der Waals surface area contributed by atoms with Gasteiger partial charge in [-0.1, -0.05) is 13.8 Å². The van der Waals surface area contributed by atoms with Gasteiger partial charge in [-0.05, 0) is 47.5 Å². The van der Waals surface area contributed by atoms with Gasteiger partial charge in [-0.25, -0.2) is 9.97 Å². The summed E-state index contributed by atoms with van der Waals surface area (Å²) in [7, 11) is 0. The Hall–Kier alpha value is -0.680. The molecule has 0 amide bonds.